The Morgan fingerprint density at radius 3 is 2.50 bits per heavy atom. The molecule has 1 saturated heterocycles. The van der Waals surface area contributed by atoms with Gasteiger partial charge in [-0.3, -0.25) is 0 Å². The smallest absolute Gasteiger partial charge is 0.0217 e. The van der Waals surface area contributed by atoms with E-state index in [4.69, 9.17) is 5.73 Å². The minimum Gasteiger partial charge on any atom is -0.326 e. The molecule has 3 heteroatoms. The highest BCUT2D eigenvalue weighted by molar-refractivity contribution is 4.81. The Balaban J connectivity index is 2.28. The SMILES string of the molecule is CN1CCC(CN(C)CC(N)C(C)(C)C)C1. The molecule has 1 rings (SSSR count). The van der Waals surface area contributed by atoms with Crippen LogP contribution in [0.1, 0.15) is 27.2 Å². The van der Waals surface area contributed by atoms with Crippen molar-refractivity contribution in [2.24, 2.45) is 17.1 Å². The monoisotopic (exact) mass is 227 g/mol. The normalized spacial score (nSPS) is 25.3. The van der Waals surface area contributed by atoms with Gasteiger partial charge in [-0.05, 0) is 38.4 Å². The van der Waals surface area contributed by atoms with Crippen LogP contribution < -0.4 is 5.73 Å². The van der Waals surface area contributed by atoms with Crippen molar-refractivity contribution in [1.29, 1.82) is 0 Å². The molecule has 96 valence electrons. The summed E-state index contributed by atoms with van der Waals surface area (Å²) in [6.45, 7) is 11.3. The molecule has 0 aromatic carbocycles. The van der Waals surface area contributed by atoms with Crippen LogP contribution in [0.4, 0.5) is 0 Å². The highest BCUT2D eigenvalue weighted by Gasteiger charge is 2.24. The first-order valence-electron chi connectivity index (χ1n) is 6.41. The molecular weight excluding hydrogens is 198 g/mol. The molecule has 0 bridgehead atoms. The van der Waals surface area contributed by atoms with Crippen LogP contribution in [0.15, 0.2) is 0 Å². The van der Waals surface area contributed by atoms with Gasteiger partial charge in [-0.2, -0.15) is 0 Å². The average Bonchev–Trinajstić information content (AvgIpc) is 2.49. The van der Waals surface area contributed by atoms with Gasteiger partial charge >= 0.3 is 0 Å². The van der Waals surface area contributed by atoms with Crippen molar-refractivity contribution < 1.29 is 0 Å². The zero-order chi connectivity index (χ0) is 12.3. The van der Waals surface area contributed by atoms with Crippen molar-refractivity contribution in [1.82, 2.24) is 9.80 Å². The number of hydrogen-bond acceptors (Lipinski definition) is 3. The fraction of sp³-hybridized carbons (Fsp3) is 1.00. The van der Waals surface area contributed by atoms with Gasteiger partial charge < -0.3 is 15.5 Å². The number of rotatable bonds is 4. The molecule has 0 radical (unpaired) electrons. The number of hydrogen-bond donors (Lipinski definition) is 1. The zero-order valence-corrected chi connectivity index (χ0v) is 11.7. The Morgan fingerprint density at radius 1 is 1.44 bits per heavy atom. The van der Waals surface area contributed by atoms with Gasteiger partial charge in [-0.25, -0.2) is 0 Å². The summed E-state index contributed by atoms with van der Waals surface area (Å²) < 4.78 is 0. The van der Waals surface area contributed by atoms with Crippen molar-refractivity contribution in [3.63, 3.8) is 0 Å². The standard InChI is InChI=1S/C13H29N3/c1-13(2,3)12(14)10-16(5)9-11-6-7-15(4)8-11/h11-12H,6-10,14H2,1-5H3. The van der Waals surface area contributed by atoms with Crippen LogP contribution in [0.2, 0.25) is 0 Å². The first-order chi connectivity index (χ1) is 7.29. The van der Waals surface area contributed by atoms with Crippen molar-refractivity contribution in [3.8, 4) is 0 Å². The second kappa shape index (κ2) is 5.48. The average molecular weight is 227 g/mol. The van der Waals surface area contributed by atoms with Crippen LogP contribution in [0.3, 0.4) is 0 Å². The number of likely N-dealkylation sites (N-methyl/N-ethyl adjacent to an activating group) is 1. The van der Waals surface area contributed by atoms with Crippen molar-refractivity contribution >= 4 is 0 Å². The molecule has 1 aliphatic rings. The second-order valence-electron chi connectivity index (χ2n) is 6.61. The number of likely N-dealkylation sites (tertiary alicyclic amines) is 1. The summed E-state index contributed by atoms with van der Waals surface area (Å²) >= 11 is 0. The fourth-order valence-corrected chi connectivity index (χ4v) is 2.30. The summed E-state index contributed by atoms with van der Waals surface area (Å²) in [4.78, 5) is 4.82. The van der Waals surface area contributed by atoms with Gasteiger partial charge in [0.2, 0.25) is 0 Å². The summed E-state index contributed by atoms with van der Waals surface area (Å²) in [5.41, 5.74) is 6.41. The number of nitrogens with two attached hydrogens (primary N) is 1. The van der Waals surface area contributed by atoms with Gasteiger partial charge in [-0.1, -0.05) is 20.8 Å². The minimum absolute atomic E-state index is 0.209. The largest absolute Gasteiger partial charge is 0.326 e. The van der Waals surface area contributed by atoms with Gasteiger partial charge in [0.15, 0.2) is 0 Å². The second-order valence-corrected chi connectivity index (χ2v) is 6.61. The zero-order valence-electron chi connectivity index (χ0n) is 11.7. The minimum atomic E-state index is 0.209. The van der Waals surface area contributed by atoms with E-state index in [2.05, 4.69) is 44.7 Å². The predicted molar refractivity (Wildman–Crippen MR) is 70.5 cm³/mol. The fourth-order valence-electron chi connectivity index (χ4n) is 2.30. The summed E-state index contributed by atoms with van der Waals surface area (Å²) in [6.07, 6.45) is 1.34. The topological polar surface area (TPSA) is 32.5 Å². The summed E-state index contributed by atoms with van der Waals surface area (Å²) in [6, 6.07) is 0.261. The van der Waals surface area contributed by atoms with Gasteiger partial charge in [0.1, 0.15) is 0 Å². The molecule has 2 unspecified atom stereocenters. The lowest BCUT2D eigenvalue weighted by Crippen LogP contribution is -2.45. The molecule has 1 aliphatic heterocycles. The van der Waals surface area contributed by atoms with E-state index in [1.807, 2.05) is 0 Å². The van der Waals surface area contributed by atoms with Crippen LogP contribution in [0.25, 0.3) is 0 Å². The van der Waals surface area contributed by atoms with Crippen LogP contribution >= 0.6 is 0 Å². The lowest BCUT2D eigenvalue weighted by atomic mass is 9.87. The summed E-state index contributed by atoms with van der Waals surface area (Å²) in [5.74, 6) is 0.835. The highest BCUT2D eigenvalue weighted by Crippen LogP contribution is 2.19. The maximum atomic E-state index is 6.20. The molecule has 0 saturated carbocycles. The Hall–Kier alpha value is -0.120. The lowest BCUT2D eigenvalue weighted by molar-refractivity contribution is 0.205. The first kappa shape index (κ1) is 13.9. The van der Waals surface area contributed by atoms with E-state index in [9.17, 15) is 0 Å². The summed E-state index contributed by atoms with van der Waals surface area (Å²) in [7, 11) is 4.41. The van der Waals surface area contributed by atoms with Crippen molar-refractivity contribution in [2.75, 3.05) is 40.3 Å². The number of nitrogens with zero attached hydrogens (tertiary/aromatic N) is 2. The third-order valence-corrected chi connectivity index (χ3v) is 3.68. The van der Waals surface area contributed by atoms with Crippen LogP contribution in [0.5, 0.6) is 0 Å². The Bertz CT molecular complexity index is 210. The molecule has 0 amide bonds. The van der Waals surface area contributed by atoms with Crippen LogP contribution in [0, 0.1) is 11.3 Å². The quantitative estimate of drug-likeness (QED) is 0.784. The molecule has 2 N–H and O–H groups in total. The van der Waals surface area contributed by atoms with E-state index in [1.54, 1.807) is 0 Å². The van der Waals surface area contributed by atoms with Crippen LogP contribution in [-0.2, 0) is 0 Å². The molecule has 0 aromatic rings. The van der Waals surface area contributed by atoms with Gasteiger partial charge in [0.25, 0.3) is 0 Å². The first-order valence-corrected chi connectivity index (χ1v) is 6.41. The van der Waals surface area contributed by atoms with Gasteiger partial charge in [0, 0.05) is 25.7 Å². The Morgan fingerprint density at radius 2 is 2.06 bits per heavy atom. The lowest BCUT2D eigenvalue weighted by Gasteiger charge is -2.32. The predicted octanol–water partition coefficient (Wildman–Crippen LogP) is 1.24. The van der Waals surface area contributed by atoms with Crippen molar-refractivity contribution in [3.05, 3.63) is 0 Å². The third-order valence-electron chi connectivity index (χ3n) is 3.68. The Labute approximate surface area is 101 Å². The Kier molecular flexibility index (Phi) is 4.77. The maximum Gasteiger partial charge on any atom is 0.0217 e. The van der Waals surface area contributed by atoms with E-state index >= 15 is 0 Å². The van der Waals surface area contributed by atoms with Gasteiger partial charge in [0.05, 0.1) is 0 Å². The van der Waals surface area contributed by atoms with Gasteiger partial charge in [-0.15, -0.1) is 0 Å². The van der Waals surface area contributed by atoms with Crippen molar-refractivity contribution in [2.45, 2.75) is 33.2 Å². The van der Waals surface area contributed by atoms with Crippen LogP contribution in [-0.4, -0.2) is 56.1 Å². The highest BCUT2D eigenvalue weighted by atomic mass is 15.2. The molecular formula is C13H29N3. The molecule has 0 spiro atoms. The third kappa shape index (κ3) is 4.40. The van der Waals surface area contributed by atoms with E-state index in [0.29, 0.717) is 0 Å². The molecule has 2 atom stereocenters. The van der Waals surface area contributed by atoms with E-state index in [0.717, 1.165) is 12.5 Å². The molecule has 0 aliphatic carbocycles. The van der Waals surface area contributed by atoms with E-state index in [1.165, 1.54) is 26.1 Å². The molecule has 1 fully saturated rings. The maximum absolute atomic E-state index is 6.20. The molecule has 1 heterocycles. The molecule has 0 aromatic heterocycles. The summed E-state index contributed by atoms with van der Waals surface area (Å²) in [5, 5.41) is 0. The molecule has 3 nitrogen and oxygen atoms in total. The van der Waals surface area contributed by atoms with E-state index in [-0.39, 0.29) is 11.5 Å². The van der Waals surface area contributed by atoms with E-state index < -0.39 is 0 Å². The molecule has 16 heavy (non-hydrogen) atoms.